The Morgan fingerprint density at radius 3 is 2.54 bits per heavy atom. The predicted octanol–water partition coefficient (Wildman–Crippen LogP) is 7.28. The van der Waals surface area contributed by atoms with Gasteiger partial charge in [0.15, 0.2) is 0 Å². The van der Waals surface area contributed by atoms with Crippen LogP contribution in [0.1, 0.15) is 83.6 Å². The van der Waals surface area contributed by atoms with E-state index in [9.17, 15) is 0 Å². The first kappa shape index (κ1) is 17.3. The average molecular weight is 351 g/mol. The van der Waals surface area contributed by atoms with Crippen molar-refractivity contribution >= 4 is 0 Å². The molecule has 0 aliphatic heterocycles. The van der Waals surface area contributed by atoms with Crippen LogP contribution in [-0.2, 0) is 6.42 Å². The number of benzene rings is 1. The molecule has 1 aromatic rings. The molecular weight excluding hydrogens is 312 g/mol. The van der Waals surface area contributed by atoms with Gasteiger partial charge in [-0.2, -0.15) is 0 Å². The van der Waals surface area contributed by atoms with E-state index in [-0.39, 0.29) is 0 Å². The minimum atomic E-state index is 0.667. The van der Waals surface area contributed by atoms with Crippen molar-refractivity contribution in [3.63, 3.8) is 0 Å². The van der Waals surface area contributed by atoms with E-state index in [1.165, 1.54) is 51.4 Å². The zero-order valence-electron chi connectivity index (χ0n) is 17.1. The summed E-state index contributed by atoms with van der Waals surface area (Å²) in [6, 6.07) is 11.3. The summed E-state index contributed by atoms with van der Waals surface area (Å²) in [5.41, 5.74) is 2.95. The van der Waals surface area contributed by atoms with Crippen LogP contribution in [0, 0.1) is 40.4 Å². The Morgan fingerprint density at radius 2 is 1.69 bits per heavy atom. The highest BCUT2D eigenvalue weighted by Crippen LogP contribution is 2.66. The van der Waals surface area contributed by atoms with E-state index < -0.39 is 0 Å². The highest BCUT2D eigenvalue weighted by Gasteiger charge is 2.57. The van der Waals surface area contributed by atoms with E-state index in [4.69, 9.17) is 0 Å². The van der Waals surface area contributed by atoms with Crippen molar-refractivity contribution in [1.29, 1.82) is 0 Å². The fourth-order valence-electron chi connectivity index (χ4n) is 8.47. The van der Waals surface area contributed by atoms with Crippen LogP contribution in [0.5, 0.6) is 0 Å². The Labute approximate surface area is 161 Å². The van der Waals surface area contributed by atoms with Gasteiger partial charge in [-0.15, -0.1) is 0 Å². The second-order valence-electron chi connectivity index (χ2n) is 11.1. The van der Waals surface area contributed by atoms with Gasteiger partial charge in [-0.05, 0) is 110 Å². The van der Waals surface area contributed by atoms with Crippen LogP contribution >= 0.6 is 0 Å². The van der Waals surface area contributed by atoms with Crippen molar-refractivity contribution < 1.29 is 0 Å². The van der Waals surface area contributed by atoms with Crippen LogP contribution in [0.4, 0.5) is 0 Å². The van der Waals surface area contributed by atoms with E-state index in [2.05, 4.69) is 44.2 Å². The maximum Gasteiger partial charge on any atom is -0.0250 e. The summed E-state index contributed by atoms with van der Waals surface area (Å²) in [6.07, 6.45) is 16.6. The molecule has 26 heavy (non-hydrogen) atoms. The van der Waals surface area contributed by atoms with Crippen molar-refractivity contribution in [3.05, 3.63) is 35.9 Å². The van der Waals surface area contributed by atoms with Crippen molar-refractivity contribution in [1.82, 2.24) is 0 Å². The third kappa shape index (κ3) is 2.70. The summed E-state index contributed by atoms with van der Waals surface area (Å²) in [5.74, 6) is 5.14. The lowest BCUT2D eigenvalue weighted by atomic mass is 9.44. The number of hydrogen-bond acceptors (Lipinski definition) is 0. The van der Waals surface area contributed by atoms with Crippen LogP contribution in [-0.4, -0.2) is 0 Å². The normalized spacial score (nSPS) is 47.7. The maximum atomic E-state index is 2.73. The van der Waals surface area contributed by atoms with Crippen molar-refractivity contribution in [2.45, 2.75) is 84.5 Å². The van der Waals surface area contributed by atoms with Gasteiger partial charge in [-0.3, -0.25) is 0 Å². The molecule has 0 heteroatoms. The number of hydrogen-bond donors (Lipinski definition) is 0. The van der Waals surface area contributed by atoms with E-state index >= 15 is 0 Å². The van der Waals surface area contributed by atoms with Gasteiger partial charge in [0.25, 0.3) is 0 Å². The van der Waals surface area contributed by atoms with Crippen LogP contribution in [0.2, 0.25) is 0 Å². The van der Waals surface area contributed by atoms with Gasteiger partial charge in [0.1, 0.15) is 0 Å². The SMILES string of the molecule is C[C@@]12CCC[C@@H]1[C@H]1CC[C@H]3C[C@@H](Cc4ccccc4)CC[C@]3(C)[C@@H]1CC2. The molecule has 0 amide bonds. The molecule has 4 aliphatic carbocycles. The summed E-state index contributed by atoms with van der Waals surface area (Å²) in [6.45, 7) is 5.37. The Morgan fingerprint density at radius 1 is 0.846 bits per heavy atom. The second kappa shape index (κ2) is 6.39. The van der Waals surface area contributed by atoms with Gasteiger partial charge in [-0.1, -0.05) is 50.6 Å². The summed E-state index contributed by atoms with van der Waals surface area (Å²) in [4.78, 5) is 0. The zero-order chi connectivity index (χ0) is 17.8. The number of rotatable bonds is 2. The van der Waals surface area contributed by atoms with Gasteiger partial charge in [0, 0.05) is 0 Å². The fourth-order valence-corrected chi connectivity index (χ4v) is 8.47. The smallest absolute Gasteiger partial charge is 0.0250 e. The van der Waals surface area contributed by atoms with E-state index in [0.717, 1.165) is 35.0 Å². The van der Waals surface area contributed by atoms with Crippen molar-refractivity contribution in [2.24, 2.45) is 40.4 Å². The van der Waals surface area contributed by atoms with Gasteiger partial charge in [-0.25, -0.2) is 0 Å². The standard InChI is InChI=1S/C26H38/c1-25-14-6-9-23(25)22-11-10-21-18-20(17-19-7-4-3-5-8-19)12-16-26(21,2)24(22)13-15-25/h3-5,7-8,20-24H,6,9-18H2,1-2H3/t20-,21+,22-,23-,24-,25+,26+/m1/s1. The first-order valence-electron chi connectivity index (χ1n) is 11.6. The monoisotopic (exact) mass is 350 g/mol. The van der Waals surface area contributed by atoms with E-state index in [0.29, 0.717) is 5.41 Å². The van der Waals surface area contributed by atoms with Crippen LogP contribution in [0.15, 0.2) is 30.3 Å². The third-order valence-corrected chi connectivity index (χ3v) is 9.92. The van der Waals surface area contributed by atoms with Gasteiger partial charge < -0.3 is 0 Å². The van der Waals surface area contributed by atoms with E-state index in [1.54, 1.807) is 24.8 Å². The molecule has 4 saturated carbocycles. The molecule has 0 spiro atoms. The minimum absolute atomic E-state index is 0.667. The molecule has 0 saturated heterocycles. The molecule has 4 fully saturated rings. The quantitative estimate of drug-likeness (QED) is 0.526. The average Bonchev–Trinajstić information content (AvgIpc) is 3.05. The molecule has 5 rings (SSSR count). The van der Waals surface area contributed by atoms with E-state index in [1.807, 2.05) is 0 Å². The molecule has 1 aromatic carbocycles. The molecule has 142 valence electrons. The van der Waals surface area contributed by atoms with Gasteiger partial charge in [0.2, 0.25) is 0 Å². The summed E-state index contributed by atoms with van der Waals surface area (Å²) in [5, 5.41) is 0. The first-order chi connectivity index (χ1) is 12.6. The molecule has 0 aromatic heterocycles. The van der Waals surface area contributed by atoms with Crippen molar-refractivity contribution in [3.8, 4) is 0 Å². The molecule has 0 unspecified atom stereocenters. The molecule has 0 bridgehead atoms. The van der Waals surface area contributed by atoms with Crippen LogP contribution in [0.25, 0.3) is 0 Å². The zero-order valence-corrected chi connectivity index (χ0v) is 17.1. The molecule has 0 nitrogen and oxygen atoms in total. The van der Waals surface area contributed by atoms with Crippen LogP contribution < -0.4 is 0 Å². The van der Waals surface area contributed by atoms with Crippen molar-refractivity contribution in [2.75, 3.05) is 0 Å². The largest absolute Gasteiger partial charge is 0.0622 e. The Balaban J connectivity index is 1.31. The molecular formula is C26H38. The van der Waals surface area contributed by atoms with Gasteiger partial charge >= 0.3 is 0 Å². The maximum absolute atomic E-state index is 2.73. The minimum Gasteiger partial charge on any atom is -0.0622 e. The Kier molecular flexibility index (Phi) is 4.26. The molecule has 0 heterocycles. The summed E-state index contributed by atoms with van der Waals surface area (Å²) < 4.78 is 0. The lowest BCUT2D eigenvalue weighted by Gasteiger charge is -2.60. The third-order valence-electron chi connectivity index (χ3n) is 9.92. The Bertz CT molecular complexity index is 633. The summed E-state index contributed by atoms with van der Waals surface area (Å²) in [7, 11) is 0. The molecule has 0 radical (unpaired) electrons. The lowest BCUT2D eigenvalue weighted by Crippen LogP contribution is -2.52. The highest BCUT2D eigenvalue weighted by molar-refractivity contribution is 5.16. The molecule has 7 atom stereocenters. The Hall–Kier alpha value is -0.780. The van der Waals surface area contributed by atoms with Crippen LogP contribution in [0.3, 0.4) is 0 Å². The number of fused-ring (bicyclic) bond motifs is 5. The fraction of sp³-hybridized carbons (Fsp3) is 0.769. The van der Waals surface area contributed by atoms with Gasteiger partial charge in [0.05, 0.1) is 0 Å². The second-order valence-corrected chi connectivity index (χ2v) is 11.1. The molecule has 0 N–H and O–H groups in total. The first-order valence-corrected chi connectivity index (χ1v) is 11.6. The highest BCUT2D eigenvalue weighted by atomic mass is 14.6. The predicted molar refractivity (Wildman–Crippen MR) is 110 cm³/mol. The lowest BCUT2D eigenvalue weighted by molar-refractivity contribution is -0.111. The molecule has 4 aliphatic rings. The summed E-state index contributed by atoms with van der Waals surface area (Å²) >= 11 is 0. The topological polar surface area (TPSA) is 0 Å².